The van der Waals surface area contributed by atoms with E-state index < -0.39 is 6.10 Å². The van der Waals surface area contributed by atoms with E-state index in [1.165, 1.54) is 7.11 Å². The third-order valence-electron chi connectivity index (χ3n) is 1.92. The van der Waals surface area contributed by atoms with Crippen LogP contribution < -0.4 is 5.32 Å². The molecular formula is C9H19NO3. The molecule has 2 N–H and O–H groups in total. The van der Waals surface area contributed by atoms with E-state index in [1.807, 2.05) is 13.8 Å². The van der Waals surface area contributed by atoms with Gasteiger partial charge in [-0.15, -0.1) is 0 Å². The molecule has 1 atom stereocenters. The second-order valence-electron chi connectivity index (χ2n) is 3.72. The maximum Gasteiger partial charge on any atom is 0.249 e. The van der Waals surface area contributed by atoms with Gasteiger partial charge in [0, 0.05) is 19.3 Å². The first kappa shape index (κ1) is 12.4. The molecule has 0 aromatic rings. The first-order chi connectivity index (χ1) is 5.93. The van der Waals surface area contributed by atoms with Crippen LogP contribution in [0, 0.1) is 0 Å². The van der Waals surface area contributed by atoms with Crippen molar-refractivity contribution in [2.45, 2.75) is 38.8 Å². The van der Waals surface area contributed by atoms with Crippen LogP contribution in [-0.4, -0.2) is 36.4 Å². The number of hydrogen-bond acceptors (Lipinski definition) is 3. The van der Waals surface area contributed by atoms with Gasteiger partial charge in [0.2, 0.25) is 5.91 Å². The summed E-state index contributed by atoms with van der Waals surface area (Å²) in [6.45, 7) is 5.48. The Hall–Kier alpha value is -0.610. The Morgan fingerprint density at radius 3 is 2.54 bits per heavy atom. The summed E-state index contributed by atoms with van der Waals surface area (Å²) < 4.78 is 4.86. The molecule has 0 bridgehead atoms. The van der Waals surface area contributed by atoms with E-state index in [4.69, 9.17) is 9.84 Å². The largest absolute Gasteiger partial charge is 0.396 e. The highest BCUT2D eigenvalue weighted by atomic mass is 16.5. The van der Waals surface area contributed by atoms with Gasteiger partial charge < -0.3 is 15.2 Å². The first-order valence-corrected chi connectivity index (χ1v) is 4.38. The van der Waals surface area contributed by atoms with Crippen molar-refractivity contribution < 1.29 is 14.6 Å². The molecule has 0 saturated carbocycles. The molecule has 0 aliphatic heterocycles. The number of amides is 1. The van der Waals surface area contributed by atoms with E-state index in [2.05, 4.69) is 5.32 Å². The average Bonchev–Trinajstić information content (AvgIpc) is 2.01. The van der Waals surface area contributed by atoms with E-state index in [-0.39, 0.29) is 18.1 Å². The summed E-state index contributed by atoms with van der Waals surface area (Å²) in [7, 11) is 1.49. The first-order valence-electron chi connectivity index (χ1n) is 4.38. The number of aliphatic hydroxyl groups is 1. The molecule has 0 fully saturated rings. The molecule has 0 spiro atoms. The Morgan fingerprint density at radius 1 is 1.62 bits per heavy atom. The highest BCUT2D eigenvalue weighted by Crippen LogP contribution is 2.07. The number of ether oxygens (including phenoxy) is 1. The molecule has 0 aliphatic rings. The topological polar surface area (TPSA) is 58.6 Å². The number of aliphatic hydroxyl groups excluding tert-OH is 1. The van der Waals surface area contributed by atoms with Crippen molar-refractivity contribution in [1.29, 1.82) is 0 Å². The molecule has 4 nitrogen and oxygen atoms in total. The zero-order valence-corrected chi connectivity index (χ0v) is 8.76. The van der Waals surface area contributed by atoms with Crippen LogP contribution in [0.4, 0.5) is 0 Å². The third-order valence-corrected chi connectivity index (χ3v) is 1.92. The summed E-state index contributed by atoms with van der Waals surface area (Å²) in [5, 5.41) is 11.5. The molecule has 13 heavy (non-hydrogen) atoms. The van der Waals surface area contributed by atoms with Crippen molar-refractivity contribution in [2.75, 3.05) is 13.7 Å². The summed E-state index contributed by atoms with van der Waals surface area (Å²) in [4.78, 5) is 11.3. The standard InChI is InChI=1S/C9H19NO3/c1-7(13-4)8(12)10-9(2,3)5-6-11/h7,11H,5-6H2,1-4H3,(H,10,12). The molecule has 0 aromatic carbocycles. The molecule has 1 amide bonds. The fourth-order valence-corrected chi connectivity index (χ4v) is 0.884. The summed E-state index contributed by atoms with van der Waals surface area (Å²) >= 11 is 0. The van der Waals surface area contributed by atoms with Crippen LogP contribution >= 0.6 is 0 Å². The minimum Gasteiger partial charge on any atom is -0.396 e. The predicted octanol–water partition coefficient (Wildman–Crippen LogP) is 0.298. The van der Waals surface area contributed by atoms with Crippen LogP contribution in [0.15, 0.2) is 0 Å². The lowest BCUT2D eigenvalue weighted by Gasteiger charge is -2.26. The highest BCUT2D eigenvalue weighted by molar-refractivity contribution is 5.80. The van der Waals surface area contributed by atoms with E-state index in [0.717, 1.165) is 0 Å². The maximum absolute atomic E-state index is 11.3. The summed E-state index contributed by atoms with van der Waals surface area (Å²) in [5.41, 5.74) is -0.376. The van der Waals surface area contributed by atoms with Crippen LogP contribution in [0.25, 0.3) is 0 Å². The Kier molecular flexibility index (Phi) is 4.95. The highest BCUT2D eigenvalue weighted by Gasteiger charge is 2.22. The molecule has 4 heteroatoms. The van der Waals surface area contributed by atoms with E-state index in [0.29, 0.717) is 6.42 Å². The van der Waals surface area contributed by atoms with Gasteiger partial charge in [-0.1, -0.05) is 0 Å². The number of nitrogens with one attached hydrogen (secondary N) is 1. The van der Waals surface area contributed by atoms with Gasteiger partial charge in [-0.3, -0.25) is 4.79 Å². The molecule has 78 valence electrons. The Balaban J connectivity index is 4.03. The second-order valence-corrected chi connectivity index (χ2v) is 3.72. The zero-order chi connectivity index (χ0) is 10.5. The van der Waals surface area contributed by atoms with Crippen LogP contribution in [0.3, 0.4) is 0 Å². The van der Waals surface area contributed by atoms with Crippen molar-refractivity contribution in [3.8, 4) is 0 Å². The lowest BCUT2D eigenvalue weighted by Crippen LogP contribution is -2.48. The van der Waals surface area contributed by atoms with Crippen LogP contribution in [0.1, 0.15) is 27.2 Å². The van der Waals surface area contributed by atoms with Gasteiger partial charge in [-0.2, -0.15) is 0 Å². The smallest absolute Gasteiger partial charge is 0.249 e. The van der Waals surface area contributed by atoms with Crippen molar-refractivity contribution in [1.82, 2.24) is 5.32 Å². The SMILES string of the molecule is COC(C)C(=O)NC(C)(C)CCO. The maximum atomic E-state index is 11.3. The number of carbonyl (C=O) groups is 1. The van der Waals surface area contributed by atoms with Gasteiger partial charge >= 0.3 is 0 Å². The lowest BCUT2D eigenvalue weighted by atomic mass is 10.0. The minimum absolute atomic E-state index is 0.0641. The normalized spacial score (nSPS) is 13.9. The fraction of sp³-hybridized carbons (Fsp3) is 0.889. The van der Waals surface area contributed by atoms with E-state index in [1.54, 1.807) is 6.92 Å². The Labute approximate surface area is 79.3 Å². The molecule has 0 saturated heterocycles. The van der Waals surface area contributed by atoms with Crippen LogP contribution in [0.2, 0.25) is 0 Å². The van der Waals surface area contributed by atoms with E-state index >= 15 is 0 Å². The molecule has 0 rings (SSSR count). The van der Waals surface area contributed by atoms with Gasteiger partial charge in [0.05, 0.1) is 0 Å². The monoisotopic (exact) mass is 189 g/mol. The molecule has 0 heterocycles. The van der Waals surface area contributed by atoms with Gasteiger partial charge in [-0.05, 0) is 27.2 Å². The van der Waals surface area contributed by atoms with Crippen molar-refractivity contribution in [3.05, 3.63) is 0 Å². The van der Waals surface area contributed by atoms with Gasteiger partial charge in [0.1, 0.15) is 6.10 Å². The number of methoxy groups -OCH3 is 1. The number of hydrogen-bond donors (Lipinski definition) is 2. The van der Waals surface area contributed by atoms with Crippen LogP contribution in [-0.2, 0) is 9.53 Å². The summed E-state index contributed by atoms with van der Waals surface area (Å²) in [6, 6.07) is 0. The van der Waals surface area contributed by atoms with Crippen LogP contribution in [0.5, 0.6) is 0 Å². The summed E-state index contributed by atoms with van der Waals surface area (Å²) in [6.07, 6.45) is 0.0906. The third kappa shape index (κ3) is 4.85. The Morgan fingerprint density at radius 2 is 2.15 bits per heavy atom. The second kappa shape index (κ2) is 5.19. The average molecular weight is 189 g/mol. The molecule has 0 radical (unpaired) electrons. The Bertz CT molecular complexity index is 168. The minimum atomic E-state index is -0.446. The number of carbonyl (C=O) groups excluding carboxylic acids is 1. The molecule has 0 aliphatic carbocycles. The van der Waals surface area contributed by atoms with Gasteiger partial charge in [0.25, 0.3) is 0 Å². The zero-order valence-electron chi connectivity index (χ0n) is 8.76. The molecule has 0 aromatic heterocycles. The van der Waals surface area contributed by atoms with E-state index in [9.17, 15) is 4.79 Å². The fourth-order valence-electron chi connectivity index (χ4n) is 0.884. The summed E-state index contributed by atoms with van der Waals surface area (Å²) in [5.74, 6) is -0.152. The van der Waals surface area contributed by atoms with Crippen molar-refractivity contribution in [3.63, 3.8) is 0 Å². The van der Waals surface area contributed by atoms with Crippen molar-refractivity contribution >= 4 is 5.91 Å². The number of rotatable bonds is 5. The molecule has 1 unspecified atom stereocenters. The van der Waals surface area contributed by atoms with Gasteiger partial charge in [-0.25, -0.2) is 0 Å². The lowest BCUT2D eigenvalue weighted by molar-refractivity contribution is -0.131. The van der Waals surface area contributed by atoms with Gasteiger partial charge in [0.15, 0.2) is 0 Å². The predicted molar refractivity (Wildman–Crippen MR) is 50.4 cm³/mol. The van der Waals surface area contributed by atoms with Crippen molar-refractivity contribution in [2.24, 2.45) is 0 Å². The quantitative estimate of drug-likeness (QED) is 0.654. The molecular weight excluding hydrogens is 170 g/mol.